The van der Waals surface area contributed by atoms with E-state index >= 15 is 0 Å². The van der Waals surface area contributed by atoms with Crippen LogP contribution in [-0.2, 0) is 32.7 Å². The van der Waals surface area contributed by atoms with Gasteiger partial charge in [0, 0.05) is 45.1 Å². The number of pyridine rings is 2. The Morgan fingerprint density at radius 1 is 0.810 bits per heavy atom. The zero-order valence-electron chi connectivity index (χ0n) is 11.2. The van der Waals surface area contributed by atoms with Crippen LogP contribution in [-0.4, -0.2) is 9.97 Å². The van der Waals surface area contributed by atoms with Crippen LogP contribution in [0, 0.1) is 12.1 Å². The van der Waals surface area contributed by atoms with Gasteiger partial charge in [0.1, 0.15) is 0 Å². The van der Waals surface area contributed by atoms with Gasteiger partial charge in [0.05, 0.1) is 0 Å². The third kappa shape index (κ3) is 2.62. The Morgan fingerprint density at radius 3 is 2.52 bits per heavy atom. The molecule has 3 heteroatoms. The van der Waals surface area contributed by atoms with E-state index in [4.69, 9.17) is 0 Å². The third-order valence-corrected chi connectivity index (χ3v) is 3.44. The Bertz CT molecular complexity index is 913. The summed E-state index contributed by atoms with van der Waals surface area (Å²) in [5, 5.41) is 4.41. The second kappa shape index (κ2) is 6.01. The topological polar surface area (TPSA) is 25.8 Å². The van der Waals surface area contributed by atoms with Crippen LogP contribution in [0.2, 0.25) is 0 Å². The van der Waals surface area contributed by atoms with Crippen LogP contribution in [0.1, 0.15) is 0 Å². The minimum absolute atomic E-state index is 0. The van der Waals surface area contributed by atoms with Crippen LogP contribution in [0.3, 0.4) is 0 Å². The summed E-state index contributed by atoms with van der Waals surface area (Å²) in [6.45, 7) is 0. The Labute approximate surface area is 148 Å². The van der Waals surface area contributed by atoms with Crippen molar-refractivity contribution in [3.8, 4) is 11.1 Å². The van der Waals surface area contributed by atoms with Gasteiger partial charge in [-0.05, 0) is 12.4 Å². The van der Waals surface area contributed by atoms with Gasteiger partial charge in [0.15, 0.2) is 0 Å². The Kier molecular flexibility index (Phi) is 4.09. The smallest absolute Gasteiger partial charge is 0.0248 e. The van der Waals surface area contributed by atoms with E-state index in [1.807, 2.05) is 36.7 Å². The molecular weight excluding hydrogens is 333 g/mol. The molecule has 21 heavy (non-hydrogen) atoms. The van der Waals surface area contributed by atoms with Crippen LogP contribution >= 0.6 is 0 Å². The molecule has 0 aliphatic carbocycles. The van der Waals surface area contributed by atoms with Gasteiger partial charge in [-0.1, -0.05) is 17.5 Å². The summed E-state index contributed by atoms with van der Waals surface area (Å²) in [6, 6.07) is 18.9. The van der Waals surface area contributed by atoms with Crippen LogP contribution in [0.25, 0.3) is 32.7 Å². The van der Waals surface area contributed by atoms with Gasteiger partial charge in [-0.15, -0.1) is 28.3 Å². The maximum Gasteiger partial charge on any atom is 0.0248 e. The SMILES string of the molecule is [Y].[c-]1ccc2ccncc2c1-c1[c-]c2cnccc2cc1. The summed E-state index contributed by atoms with van der Waals surface area (Å²) in [4.78, 5) is 8.37. The molecule has 2 nitrogen and oxygen atoms in total. The van der Waals surface area contributed by atoms with E-state index in [1.165, 1.54) is 0 Å². The average Bonchev–Trinajstić information content (AvgIpc) is 2.54. The van der Waals surface area contributed by atoms with Gasteiger partial charge in [-0.25, -0.2) is 5.56 Å². The summed E-state index contributed by atoms with van der Waals surface area (Å²) in [5.74, 6) is 0. The Balaban J connectivity index is 0.00000132. The molecule has 4 aromatic rings. The Hall–Kier alpha value is -1.64. The van der Waals surface area contributed by atoms with Crippen LogP contribution in [0.5, 0.6) is 0 Å². The molecule has 0 aliphatic rings. The predicted octanol–water partition coefficient (Wildman–Crippen LogP) is 4.05. The fraction of sp³-hybridized carbons (Fsp3) is 0. The number of rotatable bonds is 1. The molecule has 0 saturated heterocycles. The maximum absolute atomic E-state index is 4.22. The van der Waals surface area contributed by atoms with E-state index < -0.39 is 0 Å². The molecule has 0 atom stereocenters. The first kappa shape index (κ1) is 14.3. The quantitative estimate of drug-likeness (QED) is 0.488. The summed E-state index contributed by atoms with van der Waals surface area (Å²) in [5.41, 5.74) is 2.05. The molecule has 4 rings (SSSR count). The predicted molar refractivity (Wildman–Crippen MR) is 80.2 cm³/mol. The normalized spacial score (nSPS) is 10.5. The van der Waals surface area contributed by atoms with Crippen molar-refractivity contribution in [1.82, 2.24) is 9.97 Å². The molecule has 97 valence electrons. The molecule has 0 unspecified atom stereocenters. The third-order valence-electron chi connectivity index (χ3n) is 3.44. The molecule has 0 aliphatic heterocycles. The van der Waals surface area contributed by atoms with Crippen LogP contribution < -0.4 is 0 Å². The zero-order valence-corrected chi connectivity index (χ0v) is 14.1. The van der Waals surface area contributed by atoms with Crippen molar-refractivity contribution in [2.24, 2.45) is 0 Å². The van der Waals surface area contributed by atoms with E-state index in [1.54, 1.807) is 12.4 Å². The summed E-state index contributed by atoms with van der Waals surface area (Å²) in [7, 11) is 0. The minimum atomic E-state index is 0. The number of fused-ring (bicyclic) bond motifs is 2. The fourth-order valence-corrected chi connectivity index (χ4v) is 2.44. The zero-order chi connectivity index (χ0) is 13.4. The van der Waals surface area contributed by atoms with Crippen molar-refractivity contribution < 1.29 is 32.7 Å². The second-order valence-corrected chi connectivity index (χ2v) is 4.65. The van der Waals surface area contributed by atoms with E-state index in [-0.39, 0.29) is 32.7 Å². The van der Waals surface area contributed by atoms with Gasteiger partial charge in [-0.2, -0.15) is 29.8 Å². The molecule has 0 bridgehead atoms. The molecule has 2 heterocycles. The molecule has 0 spiro atoms. The molecule has 2 aromatic heterocycles. The Morgan fingerprint density at radius 2 is 1.62 bits per heavy atom. The average molecular weight is 343 g/mol. The molecule has 2 aromatic carbocycles. The van der Waals surface area contributed by atoms with Crippen LogP contribution in [0.15, 0.2) is 61.2 Å². The first-order chi connectivity index (χ1) is 9.92. The molecular formula is C18H10N2Y-2. The number of aromatic nitrogens is 2. The fourth-order valence-electron chi connectivity index (χ4n) is 2.44. The number of nitrogens with zero attached hydrogens (tertiary/aromatic N) is 2. The minimum Gasteiger partial charge on any atom is -0.303 e. The van der Waals surface area contributed by atoms with Crippen molar-refractivity contribution in [2.75, 3.05) is 0 Å². The van der Waals surface area contributed by atoms with E-state index in [2.05, 4.69) is 34.2 Å². The summed E-state index contributed by atoms with van der Waals surface area (Å²) >= 11 is 0. The van der Waals surface area contributed by atoms with E-state index in [0.29, 0.717) is 0 Å². The van der Waals surface area contributed by atoms with Gasteiger partial charge < -0.3 is 4.98 Å². The molecule has 0 fully saturated rings. The van der Waals surface area contributed by atoms with Crippen LogP contribution in [0.4, 0.5) is 0 Å². The molecule has 1 radical (unpaired) electrons. The molecule has 0 amide bonds. The van der Waals surface area contributed by atoms with Crippen molar-refractivity contribution in [3.05, 3.63) is 73.3 Å². The van der Waals surface area contributed by atoms with Gasteiger partial charge >= 0.3 is 0 Å². The van der Waals surface area contributed by atoms with Gasteiger partial charge in [0.2, 0.25) is 0 Å². The first-order valence-corrected chi connectivity index (χ1v) is 6.43. The van der Waals surface area contributed by atoms with Crippen molar-refractivity contribution in [2.45, 2.75) is 0 Å². The summed E-state index contributed by atoms with van der Waals surface area (Å²) in [6.07, 6.45) is 7.31. The second-order valence-electron chi connectivity index (χ2n) is 4.65. The monoisotopic (exact) mass is 343 g/mol. The largest absolute Gasteiger partial charge is 0.303 e. The van der Waals surface area contributed by atoms with Crippen molar-refractivity contribution >= 4 is 21.5 Å². The number of benzene rings is 2. The van der Waals surface area contributed by atoms with Gasteiger partial charge in [0.25, 0.3) is 0 Å². The summed E-state index contributed by atoms with van der Waals surface area (Å²) < 4.78 is 0. The number of hydrogen-bond acceptors (Lipinski definition) is 2. The van der Waals surface area contributed by atoms with E-state index in [0.717, 1.165) is 32.7 Å². The molecule has 0 N–H and O–H groups in total. The van der Waals surface area contributed by atoms with Gasteiger partial charge in [-0.3, -0.25) is 4.98 Å². The first-order valence-electron chi connectivity index (χ1n) is 6.43. The number of hydrogen-bond donors (Lipinski definition) is 0. The molecule has 0 saturated carbocycles. The maximum atomic E-state index is 4.22. The van der Waals surface area contributed by atoms with E-state index in [9.17, 15) is 0 Å². The van der Waals surface area contributed by atoms with Crippen molar-refractivity contribution in [1.29, 1.82) is 0 Å². The van der Waals surface area contributed by atoms with Crippen molar-refractivity contribution in [3.63, 3.8) is 0 Å². The standard InChI is InChI=1S/C18H10N2.Y/c1-2-14-7-9-20-12-18(14)17(3-1)15-5-4-13-6-8-19-11-16(13)10-15;/h1-2,4-9,11-12H;/q-2;.